The summed E-state index contributed by atoms with van der Waals surface area (Å²) in [4.78, 5) is 47.7. The van der Waals surface area contributed by atoms with Crippen LogP contribution in [0.15, 0.2) is 9.59 Å². The van der Waals surface area contributed by atoms with Gasteiger partial charge in [0.2, 0.25) is 5.95 Å². The molecule has 0 bridgehead atoms. The summed E-state index contributed by atoms with van der Waals surface area (Å²) in [5, 5.41) is 0. The van der Waals surface area contributed by atoms with Crippen molar-refractivity contribution in [2.45, 2.75) is 12.8 Å². The van der Waals surface area contributed by atoms with Crippen LogP contribution >= 0.6 is 0 Å². The fourth-order valence-electron chi connectivity index (χ4n) is 3.36. The van der Waals surface area contributed by atoms with Crippen molar-refractivity contribution in [3.05, 3.63) is 20.8 Å². The topological polar surface area (TPSA) is 105 Å². The first-order valence-electron chi connectivity index (χ1n) is 9.25. The quantitative estimate of drug-likeness (QED) is 0.670. The molecule has 0 spiro atoms. The number of anilines is 1. The maximum absolute atomic E-state index is 12.3. The van der Waals surface area contributed by atoms with Gasteiger partial charge in [-0.25, -0.2) is 4.79 Å². The molecule has 27 heavy (non-hydrogen) atoms. The maximum atomic E-state index is 12.3. The first kappa shape index (κ1) is 17.8. The Labute approximate surface area is 155 Å². The highest BCUT2D eigenvalue weighted by Crippen LogP contribution is 2.29. The van der Waals surface area contributed by atoms with Gasteiger partial charge in [0.1, 0.15) is 6.61 Å². The van der Waals surface area contributed by atoms with Gasteiger partial charge in [0.05, 0.1) is 5.92 Å². The van der Waals surface area contributed by atoms with Gasteiger partial charge in [0.25, 0.3) is 5.56 Å². The number of rotatable bonds is 5. The summed E-state index contributed by atoms with van der Waals surface area (Å²) < 4.78 is 7.74. The fourth-order valence-corrected chi connectivity index (χ4v) is 3.36. The third-order valence-corrected chi connectivity index (χ3v) is 5.32. The highest BCUT2D eigenvalue weighted by atomic mass is 16.5. The zero-order valence-corrected chi connectivity index (χ0v) is 15.6. The molecule has 0 unspecified atom stereocenters. The molecule has 1 saturated heterocycles. The van der Waals surface area contributed by atoms with Crippen molar-refractivity contribution in [1.82, 2.24) is 24.0 Å². The van der Waals surface area contributed by atoms with E-state index in [0.717, 1.165) is 50.1 Å². The summed E-state index contributed by atoms with van der Waals surface area (Å²) in [6.07, 6.45) is 1.92. The molecule has 10 heteroatoms. The summed E-state index contributed by atoms with van der Waals surface area (Å²) >= 11 is 0. The van der Waals surface area contributed by atoms with Crippen LogP contribution in [0.4, 0.5) is 5.95 Å². The average Bonchev–Trinajstić information content (AvgIpc) is 3.44. The number of carbonyl (C=O) groups excluding carboxylic acids is 1. The van der Waals surface area contributed by atoms with Gasteiger partial charge >= 0.3 is 11.7 Å². The van der Waals surface area contributed by atoms with E-state index in [-0.39, 0.29) is 17.4 Å². The molecule has 3 heterocycles. The average molecular weight is 376 g/mol. The van der Waals surface area contributed by atoms with E-state index in [9.17, 15) is 14.4 Å². The molecule has 0 radical (unpaired) electrons. The van der Waals surface area contributed by atoms with E-state index < -0.39 is 5.69 Å². The number of imidazole rings is 1. The predicted molar refractivity (Wildman–Crippen MR) is 98.9 cm³/mol. The van der Waals surface area contributed by atoms with Gasteiger partial charge in [-0.2, -0.15) is 4.98 Å². The number of fused-ring (bicyclic) bond motifs is 1. The Morgan fingerprint density at radius 1 is 1.15 bits per heavy atom. The summed E-state index contributed by atoms with van der Waals surface area (Å²) in [5.74, 6) is 0.671. The van der Waals surface area contributed by atoms with Gasteiger partial charge in [0, 0.05) is 46.8 Å². The molecular weight excluding hydrogens is 352 g/mol. The zero-order valence-electron chi connectivity index (χ0n) is 15.6. The Morgan fingerprint density at radius 3 is 2.52 bits per heavy atom. The minimum atomic E-state index is -0.392. The van der Waals surface area contributed by atoms with Crippen molar-refractivity contribution in [2.24, 2.45) is 20.0 Å². The number of aromatic nitrogens is 4. The molecule has 1 N–H and O–H groups in total. The molecule has 2 aromatic rings. The van der Waals surface area contributed by atoms with E-state index in [1.165, 1.54) is 11.6 Å². The number of carbonyl (C=O) groups is 1. The number of esters is 1. The smallest absolute Gasteiger partial charge is 0.332 e. The highest BCUT2D eigenvalue weighted by Gasteiger charge is 2.31. The van der Waals surface area contributed by atoms with Crippen molar-refractivity contribution in [2.75, 3.05) is 44.2 Å². The number of piperazine rings is 1. The summed E-state index contributed by atoms with van der Waals surface area (Å²) in [6.45, 7) is 4.26. The van der Waals surface area contributed by atoms with E-state index in [4.69, 9.17) is 4.74 Å². The number of hydrogen-bond acceptors (Lipinski definition) is 7. The second-order valence-electron chi connectivity index (χ2n) is 7.24. The van der Waals surface area contributed by atoms with Crippen LogP contribution < -0.4 is 16.1 Å². The number of aryl methyl sites for hydroxylation is 1. The van der Waals surface area contributed by atoms with Crippen LogP contribution in [0.25, 0.3) is 11.2 Å². The predicted octanol–water partition coefficient (Wildman–Crippen LogP) is -0.964. The third kappa shape index (κ3) is 3.36. The molecule has 1 saturated carbocycles. The van der Waals surface area contributed by atoms with Crippen molar-refractivity contribution in [1.29, 1.82) is 0 Å². The van der Waals surface area contributed by atoms with Crippen LogP contribution in [-0.4, -0.2) is 69.3 Å². The third-order valence-electron chi connectivity index (χ3n) is 5.32. The van der Waals surface area contributed by atoms with E-state index >= 15 is 0 Å². The van der Waals surface area contributed by atoms with E-state index in [2.05, 4.69) is 19.8 Å². The van der Waals surface area contributed by atoms with Crippen LogP contribution in [0.1, 0.15) is 12.8 Å². The van der Waals surface area contributed by atoms with Crippen LogP contribution in [-0.2, 0) is 23.6 Å². The highest BCUT2D eigenvalue weighted by molar-refractivity contribution is 5.75. The van der Waals surface area contributed by atoms with Crippen LogP contribution in [0.2, 0.25) is 0 Å². The van der Waals surface area contributed by atoms with E-state index in [1.807, 2.05) is 0 Å². The Hall–Kier alpha value is -2.62. The molecule has 1 aliphatic carbocycles. The number of nitrogens with one attached hydrogen (secondary N) is 1. The number of hydrogen-bond donors (Lipinski definition) is 1. The lowest BCUT2D eigenvalue weighted by atomic mass is 10.3. The van der Waals surface area contributed by atoms with Gasteiger partial charge in [-0.3, -0.25) is 23.6 Å². The van der Waals surface area contributed by atoms with Crippen LogP contribution in [0, 0.1) is 5.92 Å². The monoisotopic (exact) mass is 376 g/mol. The molecule has 4 rings (SSSR count). The van der Waals surface area contributed by atoms with Crippen molar-refractivity contribution < 1.29 is 9.53 Å². The number of nitrogens with zero attached hydrogens (tertiary/aromatic N) is 5. The summed E-state index contributed by atoms with van der Waals surface area (Å²) in [5.41, 5.74) is -0.0596. The molecule has 0 amide bonds. The normalized spacial score (nSPS) is 18.2. The lowest BCUT2D eigenvalue weighted by molar-refractivity contribution is -0.145. The first-order valence-corrected chi connectivity index (χ1v) is 9.25. The molecule has 1 aliphatic heterocycles. The minimum absolute atomic E-state index is 0.0666. The molecule has 0 aromatic carbocycles. The summed E-state index contributed by atoms with van der Waals surface area (Å²) in [6, 6.07) is 0. The first-order chi connectivity index (χ1) is 13.0. The lowest BCUT2D eigenvalue weighted by Crippen LogP contribution is -2.47. The Bertz CT molecular complexity index is 978. The van der Waals surface area contributed by atoms with Gasteiger partial charge in [-0.15, -0.1) is 0 Å². The zero-order chi connectivity index (χ0) is 19.1. The molecule has 2 aromatic heterocycles. The van der Waals surface area contributed by atoms with Gasteiger partial charge < -0.3 is 14.6 Å². The Balaban J connectivity index is 1.38. The van der Waals surface area contributed by atoms with Crippen LogP contribution in [0.5, 0.6) is 0 Å². The molecule has 10 nitrogen and oxygen atoms in total. The van der Waals surface area contributed by atoms with Crippen molar-refractivity contribution in [3.8, 4) is 0 Å². The van der Waals surface area contributed by atoms with Gasteiger partial charge in [-0.05, 0) is 12.8 Å². The molecule has 2 aliphatic rings. The van der Waals surface area contributed by atoms with Gasteiger partial charge in [-0.1, -0.05) is 0 Å². The SMILES string of the molecule is Cn1c(=O)c2[nH]c(N3CCN(CCOC(=O)C4CC4)CC3)nc2n(C)c1=O. The lowest BCUT2D eigenvalue weighted by Gasteiger charge is -2.34. The van der Waals surface area contributed by atoms with Gasteiger partial charge in [0.15, 0.2) is 11.2 Å². The molecule has 0 atom stereocenters. The van der Waals surface area contributed by atoms with E-state index in [0.29, 0.717) is 23.7 Å². The number of aromatic amines is 1. The largest absolute Gasteiger partial charge is 0.464 e. The second-order valence-corrected chi connectivity index (χ2v) is 7.24. The van der Waals surface area contributed by atoms with E-state index in [1.54, 1.807) is 7.05 Å². The molecule has 146 valence electrons. The molecule has 2 fully saturated rings. The van der Waals surface area contributed by atoms with Crippen molar-refractivity contribution in [3.63, 3.8) is 0 Å². The molecular formula is C17H24N6O4. The standard InChI is InChI=1S/C17H24N6O4/c1-20-13-12(14(24)21(2)17(20)26)18-16(19-13)23-7-5-22(6-8-23)9-10-27-15(25)11-3-4-11/h11H,3-10H2,1-2H3,(H,18,19). The number of ether oxygens (including phenoxy) is 1. The second kappa shape index (κ2) is 6.84. The Kier molecular flexibility index (Phi) is 4.50. The fraction of sp³-hybridized carbons (Fsp3) is 0.647. The summed E-state index contributed by atoms with van der Waals surface area (Å²) in [7, 11) is 3.06. The maximum Gasteiger partial charge on any atom is 0.332 e. The van der Waals surface area contributed by atoms with Crippen LogP contribution in [0.3, 0.4) is 0 Å². The minimum Gasteiger partial charge on any atom is -0.464 e. The number of H-pyrrole nitrogens is 1. The Morgan fingerprint density at radius 2 is 1.85 bits per heavy atom. The van der Waals surface area contributed by atoms with Crippen molar-refractivity contribution >= 4 is 23.1 Å².